The van der Waals surface area contributed by atoms with Gasteiger partial charge in [-0.2, -0.15) is 5.10 Å². The highest BCUT2D eigenvalue weighted by molar-refractivity contribution is 9.10. The number of unbranched alkanes of at least 4 members (excludes halogenated alkanes) is 5. The molecule has 204 valence electrons. The number of ether oxygens (including phenoxy) is 3. The van der Waals surface area contributed by atoms with E-state index in [0.717, 1.165) is 63.6 Å². The molecule has 3 aromatic carbocycles. The van der Waals surface area contributed by atoms with Crippen molar-refractivity contribution in [3.63, 3.8) is 0 Å². The lowest BCUT2D eigenvalue weighted by atomic mass is 9.96. The Morgan fingerprint density at radius 3 is 2.44 bits per heavy atom. The van der Waals surface area contributed by atoms with Crippen LogP contribution < -0.4 is 14.2 Å². The van der Waals surface area contributed by atoms with Crippen LogP contribution in [0.3, 0.4) is 0 Å². The Morgan fingerprint density at radius 1 is 0.949 bits per heavy atom. The number of hydrogen-bond acceptors (Lipinski definition) is 5. The fourth-order valence-corrected chi connectivity index (χ4v) is 5.53. The SMILES string of the molecule is C=CCOc1ccc(C2=NN3[C@@H](C2)c2cc(Br)ccc2O[C@H]3c2ccc(OCCCCCCCC)cc2)cc1. The van der Waals surface area contributed by atoms with Crippen molar-refractivity contribution in [2.45, 2.75) is 64.1 Å². The van der Waals surface area contributed by atoms with Gasteiger partial charge in [-0.15, -0.1) is 0 Å². The van der Waals surface area contributed by atoms with Crippen molar-refractivity contribution in [2.75, 3.05) is 13.2 Å². The van der Waals surface area contributed by atoms with Crippen LogP contribution >= 0.6 is 15.9 Å². The lowest BCUT2D eigenvalue weighted by Crippen LogP contribution is -2.33. The molecule has 0 fully saturated rings. The zero-order valence-electron chi connectivity index (χ0n) is 22.7. The Labute approximate surface area is 240 Å². The van der Waals surface area contributed by atoms with Crippen molar-refractivity contribution in [3.8, 4) is 17.2 Å². The van der Waals surface area contributed by atoms with E-state index >= 15 is 0 Å². The summed E-state index contributed by atoms with van der Waals surface area (Å²) in [6.45, 7) is 7.21. The molecule has 0 aliphatic carbocycles. The Balaban J connectivity index is 1.31. The molecule has 0 saturated heterocycles. The van der Waals surface area contributed by atoms with Crippen LogP contribution in [-0.2, 0) is 0 Å². The summed E-state index contributed by atoms with van der Waals surface area (Å²) in [5, 5.41) is 7.20. The van der Waals surface area contributed by atoms with E-state index < -0.39 is 0 Å². The molecule has 0 radical (unpaired) electrons. The average molecular weight is 590 g/mol. The van der Waals surface area contributed by atoms with Crippen LogP contribution in [0, 0.1) is 0 Å². The van der Waals surface area contributed by atoms with Gasteiger partial charge < -0.3 is 14.2 Å². The number of hydrogen-bond donors (Lipinski definition) is 0. The van der Waals surface area contributed by atoms with E-state index in [4.69, 9.17) is 19.3 Å². The zero-order valence-corrected chi connectivity index (χ0v) is 24.2. The summed E-state index contributed by atoms with van der Waals surface area (Å²) >= 11 is 3.64. The molecule has 2 aliphatic rings. The molecular weight excluding hydrogens is 552 g/mol. The van der Waals surface area contributed by atoms with E-state index in [1.807, 2.05) is 36.4 Å². The van der Waals surface area contributed by atoms with Gasteiger partial charge in [0.25, 0.3) is 0 Å². The fourth-order valence-electron chi connectivity index (χ4n) is 5.15. The Bertz CT molecular complexity index is 1270. The molecule has 0 bridgehead atoms. The minimum absolute atomic E-state index is 0.0894. The lowest BCUT2D eigenvalue weighted by molar-refractivity contribution is -0.0191. The molecule has 2 atom stereocenters. The van der Waals surface area contributed by atoms with E-state index in [0.29, 0.717) is 6.61 Å². The summed E-state index contributed by atoms with van der Waals surface area (Å²) in [4.78, 5) is 0. The van der Waals surface area contributed by atoms with Gasteiger partial charge >= 0.3 is 0 Å². The smallest absolute Gasteiger partial charge is 0.213 e. The first kappa shape index (κ1) is 27.3. The van der Waals surface area contributed by atoms with Crippen molar-refractivity contribution in [1.82, 2.24) is 5.01 Å². The van der Waals surface area contributed by atoms with E-state index in [2.05, 4.69) is 64.8 Å². The van der Waals surface area contributed by atoms with Gasteiger partial charge in [-0.1, -0.05) is 67.6 Å². The van der Waals surface area contributed by atoms with Crippen molar-refractivity contribution in [1.29, 1.82) is 0 Å². The molecule has 0 unspecified atom stereocenters. The van der Waals surface area contributed by atoms with Gasteiger partial charge in [0.2, 0.25) is 6.23 Å². The third-order valence-corrected chi connectivity index (χ3v) is 7.73. The minimum Gasteiger partial charge on any atom is -0.494 e. The number of nitrogens with zero attached hydrogens (tertiary/aromatic N) is 2. The van der Waals surface area contributed by atoms with Crippen molar-refractivity contribution in [2.24, 2.45) is 5.10 Å². The van der Waals surface area contributed by atoms with Crippen molar-refractivity contribution < 1.29 is 14.2 Å². The highest BCUT2D eigenvalue weighted by atomic mass is 79.9. The first-order chi connectivity index (χ1) is 19.2. The summed E-state index contributed by atoms with van der Waals surface area (Å²) < 4.78 is 19.3. The topological polar surface area (TPSA) is 43.3 Å². The molecule has 6 heteroatoms. The maximum Gasteiger partial charge on any atom is 0.213 e. The van der Waals surface area contributed by atoms with Gasteiger partial charge in [0.15, 0.2) is 0 Å². The molecular formula is C33H37BrN2O3. The van der Waals surface area contributed by atoms with Crippen LogP contribution in [0.1, 0.15) is 80.8 Å². The van der Waals surface area contributed by atoms with E-state index in [1.54, 1.807) is 6.08 Å². The molecule has 0 spiro atoms. The van der Waals surface area contributed by atoms with Crippen LogP contribution in [-0.4, -0.2) is 23.9 Å². The molecule has 5 rings (SSSR count). The molecule has 2 heterocycles. The third-order valence-electron chi connectivity index (χ3n) is 7.24. The molecule has 39 heavy (non-hydrogen) atoms. The maximum absolute atomic E-state index is 6.55. The number of benzene rings is 3. The number of hydrazone groups is 1. The molecule has 0 amide bonds. The molecule has 3 aromatic rings. The Hall–Kier alpha value is -3.25. The second kappa shape index (κ2) is 13.2. The molecule has 0 aromatic heterocycles. The van der Waals surface area contributed by atoms with Gasteiger partial charge in [-0.3, -0.25) is 0 Å². The van der Waals surface area contributed by atoms with Crippen LogP contribution in [0.15, 0.2) is 89.0 Å². The van der Waals surface area contributed by atoms with Crippen molar-refractivity contribution in [3.05, 3.63) is 101 Å². The summed E-state index contributed by atoms with van der Waals surface area (Å²) in [5.74, 6) is 2.62. The molecule has 5 nitrogen and oxygen atoms in total. The summed E-state index contributed by atoms with van der Waals surface area (Å²) in [6, 6.07) is 22.7. The van der Waals surface area contributed by atoms with E-state index in [1.165, 1.54) is 32.1 Å². The number of halogens is 1. The fraction of sp³-hybridized carbons (Fsp3) is 0.364. The van der Waals surface area contributed by atoms with Crippen LogP contribution in [0.5, 0.6) is 17.2 Å². The summed E-state index contributed by atoms with van der Waals surface area (Å²) in [7, 11) is 0. The van der Waals surface area contributed by atoms with Crippen LogP contribution in [0.2, 0.25) is 0 Å². The van der Waals surface area contributed by atoms with E-state index in [9.17, 15) is 0 Å². The van der Waals surface area contributed by atoms with Crippen LogP contribution in [0.25, 0.3) is 0 Å². The maximum atomic E-state index is 6.55. The number of fused-ring (bicyclic) bond motifs is 3. The number of rotatable bonds is 13. The highest BCUT2D eigenvalue weighted by Gasteiger charge is 2.41. The first-order valence-electron chi connectivity index (χ1n) is 14.0. The predicted molar refractivity (Wildman–Crippen MR) is 161 cm³/mol. The summed E-state index contributed by atoms with van der Waals surface area (Å²) in [5.41, 5.74) is 4.32. The van der Waals surface area contributed by atoms with Crippen molar-refractivity contribution >= 4 is 21.6 Å². The van der Waals surface area contributed by atoms with Gasteiger partial charge in [-0.05, 0) is 78.7 Å². The summed E-state index contributed by atoms with van der Waals surface area (Å²) in [6.07, 6.45) is 9.77. The first-order valence-corrected chi connectivity index (χ1v) is 14.8. The largest absolute Gasteiger partial charge is 0.494 e. The highest BCUT2D eigenvalue weighted by Crippen LogP contribution is 2.48. The second-order valence-electron chi connectivity index (χ2n) is 10.1. The predicted octanol–water partition coefficient (Wildman–Crippen LogP) is 9.00. The van der Waals surface area contributed by atoms with Gasteiger partial charge in [-0.25, -0.2) is 5.01 Å². The quantitative estimate of drug-likeness (QED) is 0.147. The molecule has 0 N–H and O–H groups in total. The van der Waals surface area contributed by atoms with Gasteiger partial charge in [0, 0.05) is 22.0 Å². The van der Waals surface area contributed by atoms with E-state index in [-0.39, 0.29) is 12.3 Å². The second-order valence-corrected chi connectivity index (χ2v) is 11.0. The van der Waals surface area contributed by atoms with Gasteiger partial charge in [0.1, 0.15) is 23.9 Å². The Morgan fingerprint density at radius 2 is 1.67 bits per heavy atom. The standard InChI is InChI=1S/C33H37BrN2O3/c1-3-5-6-7-8-9-21-38-28-17-12-25(13-18-28)33-36-31(29-22-26(34)14-19-32(29)39-33)23-30(35-36)24-10-15-27(16-11-24)37-20-4-2/h4,10-19,22,31,33H,2-3,5-9,20-21,23H2,1H3/t31-,33-/m0/s1. The molecule has 2 aliphatic heterocycles. The van der Waals surface area contributed by atoms with Gasteiger partial charge in [0.05, 0.1) is 18.4 Å². The lowest BCUT2D eigenvalue weighted by Gasteiger charge is -2.38. The molecule has 0 saturated carbocycles. The average Bonchev–Trinajstić information content (AvgIpc) is 3.42. The van der Waals surface area contributed by atoms with Crippen LogP contribution in [0.4, 0.5) is 0 Å². The monoisotopic (exact) mass is 588 g/mol. The third kappa shape index (κ3) is 6.67. The minimum atomic E-state index is -0.316. The normalized spacial score (nSPS) is 17.6. The Kier molecular flexibility index (Phi) is 9.25. The zero-order chi connectivity index (χ0) is 27.0.